The van der Waals surface area contributed by atoms with Gasteiger partial charge >= 0.3 is 10.1 Å². The van der Waals surface area contributed by atoms with E-state index in [9.17, 15) is 13.2 Å². The summed E-state index contributed by atoms with van der Waals surface area (Å²) in [4.78, 5) is 12.5. The Labute approximate surface area is 145 Å². The molecule has 2 aromatic carbocycles. The van der Waals surface area contributed by atoms with Crippen molar-refractivity contribution >= 4 is 22.0 Å². The monoisotopic (exact) mass is 360 g/mol. The van der Waals surface area contributed by atoms with Crippen LogP contribution >= 0.6 is 0 Å². The molecular weight excluding hydrogens is 344 g/mol. The average molecular weight is 360 g/mol. The molecule has 7 heteroatoms. The first-order chi connectivity index (χ1) is 11.8. The molecule has 0 saturated heterocycles. The van der Waals surface area contributed by atoms with Gasteiger partial charge in [-0.2, -0.15) is 8.42 Å². The van der Waals surface area contributed by atoms with E-state index >= 15 is 0 Å². The molecule has 130 valence electrons. The SMILES string of the molecule is COc1ccc(/C=C2\Oc3c(ccc(OS(C)(=O)=O)c3C)C2=O)cc1. The standard InChI is InChI=1S/C18H16O6S/c1-11-15(24-25(3,20)21)9-8-14-17(19)16(23-18(11)14)10-12-4-6-13(22-2)7-5-12/h4-10H,1-3H3/b16-10-. The molecule has 2 aromatic rings. The largest absolute Gasteiger partial charge is 0.497 e. The van der Waals surface area contributed by atoms with E-state index in [1.165, 1.54) is 12.1 Å². The molecule has 0 spiro atoms. The predicted octanol–water partition coefficient (Wildman–Crippen LogP) is 2.96. The number of ketones is 1. The molecule has 0 fully saturated rings. The van der Waals surface area contributed by atoms with E-state index in [1.54, 1.807) is 44.4 Å². The summed E-state index contributed by atoms with van der Waals surface area (Å²) < 4.78 is 38.3. The first kappa shape index (κ1) is 17.0. The molecule has 6 nitrogen and oxygen atoms in total. The average Bonchev–Trinajstić information content (AvgIpc) is 2.87. The number of hydrogen-bond acceptors (Lipinski definition) is 6. The fourth-order valence-corrected chi connectivity index (χ4v) is 2.98. The quantitative estimate of drug-likeness (QED) is 0.616. The highest BCUT2D eigenvalue weighted by atomic mass is 32.2. The zero-order valence-corrected chi connectivity index (χ0v) is 14.7. The van der Waals surface area contributed by atoms with Crippen LogP contribution in [-0.2, 0) is 10.1 Å². The highest BCUT2D eigenvalue weighted by molar-refractivity contribution is 7.86. The topological polar surface area (TPSA) is 78.9 Å². The summed E-state index contributed by atoms with van der Waals surface area (Å²) >= 11 is 0. The van der Waals surface area contributed by atoms with Gasteiger partial charge in [0.05, 0.1) is 18.9 Å². The Hall–Kier alpha value is -2.80. The number of ether oxygens (including phenoxy) is 2. The Morgan fingerprint density at radius 3 is 2.36 bits per heavy atom. The fraction of sp³-hybridized carbons (Fsp3) is 0.167. The molecule has 1 aliphatic heterocycles. The number of allylic oxidation sites excluding steroid dienone is 1. The number of methoxy groups -OCH3 is 1. The van der Waals surface area contributed by atoms with Gasteiger partial charge in [0.2, 0.25) is 5.78 Å². The maximum Gasteiger partial charge on any atom is 0.306 e. The van der Waals surface area contributed by atoms with Gasteiger partial charge in [-0.25, -0.2) is 0 Å². The van der Waals surface area contributed by atoms with Gasteiger partial charge in [-0.1, -0.05) is 12.1 Å². The van der Waals surface area contributed by atoms with E-state index in [1.807, 2.05) is 0 Å². The first-order valence-electron chi connectivity index (χ1n) is 7.40. The molecule has 0 amide bonds. The van der Waals surface area contributed by atoms with Gasteiger partial charge < -0.3 is 13.7 Å². The van der Waals surface area contributed by atoms with Crippen molar-refractivity contribution in [1.29, 1.82) is 0 Å². The van der Waals surface area contributed by atoms with Crippen LogP contribution in [0.1, 0.15) is 21.5 Å². The van der Waals surface area contributed by atoms with Gasteiger partial charge in [0, 0.05) is 5.56 Å². The van der Waals surface area contributed by atoms with Crippen LogP contribution in [0.5, 0.6) is 17.2 Å². The Morgan fingerprint density at radius 1 is 1.08 bits per heavy atom. The van der Waals surface area contributed by atoms with Gasteiger partial charge in [0.15, 0.2) is 5.76 Å². The minimum atomic E-state index is -3.67. The molecule has 0 atom stereocenters. The normalized spacial score (nSPS) is 15.0. The number of Topliss-reactive ketones (excluding diaryl/α,β-unsaturated/α-hetero) is 1. The summed E-state index contributed by atoms with van der Waals surface area (Å²) in [5, 5.41) is 0. The molecule has 3 rings (SSSR count). The van der Waals surface area contributed by atoms with E-state index in [4.69, 9.17) is 13.7 Å². The van der Waals surface area contributed by atoms with Gasteiger partial charge in [0.1, 0.15) is 17.2 Å². The van der Waals surface area contributed by atoms with Crippen molar-refractivity contribution in [2.45, 2.75) is 6.92 Å². The van der Waals surface area contributed by atoms with E-state index in [0.717, 1.165) is 11.8 Å². The summed E-state index contributed by atoms with van der Waals surface area (Å²) in [7, 11) is -2.09. The lowest BCUT2D eigenvalue weighted by Crippen LogP contribution is -2.07. The van der Waals surface area contributed by atoms with Crippen LogP contribution in [0.15, 0.2) is 42.2 Å². The third-order valence-electron chi connectivity index (χ3n) is 3.69. The lowest BCUT2D eigenvalue weighted by Gasteiger charge is -2.09. The second-order valence-corrected chi connectivity index (χ2v) is 7.14. The van der Waals surface area contributed by atoms with Crippen molar-refractivity contribution in [3.05, 3.63) is 58.8 Å². The molecule has 1 aliphatic rings. The predicted molar refractivity (Wildman–Crippen MR) is 92.6 cm³/mol. The van der Waals surface area contributed by atoms with Crippen LogP contribution in [0.4, 0.5) is 0 Å². The maximum atomic E-state index is 12.5. The number of hydrogen-bond donors (Lipinski definition) is 0. The van der Waals surface area contributed by atoms with Crippen LogP contribution in [0.25, 0.3) is 6.08 Å². The molecule has 0 radical (unpaired) electrons. The maximum absolute atomic E-state index is 12.5. The molecule has 0 aliphatic carbocycles. The van der Waals surface area contributed by atoms with Crippen molar-refractivity contribution in [2.75, 3.05) is 13.4 Å². The van der Waals surface area contributed by atoms with E-state index in [-0.39, 0.29) is 17.3 Å². The van der Waals surface area contributed by atoms with Crippen molar-refractivity contribution in [1.82, 2.24) is 0 Å². The highest BCUT2D eigenvalue weighted by Gasteiger charge is 2.30. The van der Waals surface area contributed by atoms with Crippen LogP contribution in [0.2, 0.25) is 0 Å². The number of rotatable bonds is 4. The highest BCUT2D eigenvalue weighted by Crippen LogP contribution is 2.39. The second-order valence-electron chi connectivity index (χ2n) is 5.57. The zero-order valence-electron chi connectivity index (χ0n) is 13.9. The van der Waals surface area contributed by atoms with E-state index < -0.39 is 10.1 Å². The summed E-state index contributed by atoms with van der Waals surface area (Å²) in [6.45, 7) is 1.64. The van der Waals surface area contributed by atoms with Crippen LogP contribution in [0, 0.1) is 6.92 Å². The smallest absolute Gasteiger partial charge is 0.306 e. The number of benzene rings is 2. The lowest BCUT2D eigenvalue weighted by atomic mass is 10.1. The van der Waals surface area contributed by atoms with Gasteiger partial charge in [0.25, 0.3) is 0 Å². The summed E-state index contributed by atoms with van der Waals surface area (Å²) in [5.41, 5.74) is 1.61. The Balaban J connectivity index is 1.94. The molecule has 1 heterocycles. The van der Waals surface area contributed by atoms with Crippen LogP contribution in [0.3, 0.4) is 0 Å². The van der Waals surface area contributed by atoms with E-state index in [2.05, 4.69) is 0 Å². The van der Waals surface area contributed by atoms with Crippen molar-refractivity contribution in [3.63, 3.8) is 0 Å². The Kier molecular flexibility index (Phi) is 4.26. The molecule has 0 aromatic heterocycles. The first-order valence-corrected chi connectivity index (χ1v) is 9.21. The number of carbonyl (C=O) groups is 1. The summed E-state index contributed by atoms with van der Waals surface area (Å²) in [5.74, 6) is 1.06. The third kappa shape index (κ3) is 3.51. The van der Waals surface area contributed by atoms with Gasteiger partial charge in [-0.15, -0.1) is 0 Å². The minimum Gasteiger partial charge on any atom is -0.497 e. The molecular formula is C18H16O6S. The molecule has 0 bridgehead atoms. The lowest BCUT2D eigenvalue weighted by molar-refractivity contribution is 0.101. The van der Waals surface area contributed by atoms with Gasteiger partial charge in [-0.05, 0) is 42.8 Å². The van der Waals surface area contributed by atoms with Crippen molar-refractivity contribution in [3.8, 4) is 17.2 Å². The van der Waals surface area contributed by atoms with Crippen molar-refractivity contribution < 1.29 is 26.9 Å². The molecule has 25 heavy (non-hydrogen) atoms. The van der Waals surface area contributed by atoms with Gasteiger partial charge in [-0.3, -0.25) is 4.79 Å². The molecule has 0 N–H and O–H groups in total. The third-order valence-corrected chi connectivity index (χ3v) is 4.17. The van der Waals surface area contributed by atoms with Crippen LogP contribution < -0.4 is 13.7 Å². The summed E-state index contributed by atoms with van der Waals surface area (Å²) in [6, 6.07) is 10.1. The van der Waals surface area contributed by atoms with E-state index in [0.29, 0.717) is 22.6 Å². The second kappa shape index (κ2) is 6.25. The minimum absolute atomic E-state index is 0.139. The number of fused-ring (bicyclic) bond motifs is 1. The summed E-state index contributed by atoms with van der Waals surface area (Å²) in [6.07, 6.45) is 2.58. The number of carbonyl (C=O) groups excluding carboxylic acids is 1. The molecule has 0 unspecified atom stereocenters. The Bertz CT molecular complexity index is 971. The van der Waals surface area contributed by atoms with Crippen LogP contribution in [-0.4, -0.2) is 27.6 Å². The van der Waals surface area contributed by atoms with Crippen molar-refractivity contribution in [2.24, 2.45) is 0 Å². The molecule has 0 saturated carbocycles. The Morgan fingerprint density at radius 2 is 1.76 bits per heavy atom. The zero-order chi connectivity index (χ0) is 18.2. The fourth-order valence-electron chi connectivity index (χ4n) is 2.47.